The predicted octanol–water partition coefficient (Wildman–Crippen LogP) is 0.334. The van der Waals surface area contributed by atoms with E-state index in [-0.39, 0.29) is 5.11 Å². The van der Waals surface area contributed by atoms with Crippen molar-refractivity contribution in [2.24, 2.45) is 5.73 Å². The van der Waals surface area contributed by atoms with Gasteiger partial charge in [0.15, 0.2) is 5.11 Å². The van der Waals surface area contributed by atoms with Crippen LogP contribution in [0, 0.1) is 0 Å². The average molecular weight is 167 g/mol. The van der Waals surface area contributed by atoms with E-state index >= 15 is 0 Å². The lowest BCUT2D eigenvalue weighted by atomic mass is 10.5. The minimum Gasteiger partial charge on any atom is -0.376 e. The molecule has 1 rings (SSSR count). The van der Waals surface area contributed by atoms with Crippen LogP contribution < -0.4 is 16.4 Å². The molecule has 58 valence electrons. The molecule has 0 bridgehead atoms. The molecular formula is C7H9N3S. The highest BCUT2D eigenvalue weighted by Crippen LogP contribution is 1.90. The van der Waals surface area contributed by atoms with Crippen molar-refractivity contribution in [2.75, 3.05) is 0 Å². The van der Waals surface area contributed by atoms with Gasteiger partial charge in [0.1, 0.15) is 5.82 Å². The van der Waals surface area contributed by atoms with Crippen molar-refractivity contribution >= 4 is 17.3 Å². The third-order valence-corrected chi connectivity index (χ3v) is 1.18. The molecule has 11 heavy (non-hydrogen) atoms. The number of allylic oxidation sites excluding steroid dienone is 4. The molecule has 0 aliphatic carbocycles. The van der Waals surface area contributed by atoms with Gasteiger partial charge in [-0.1, -0.05) is 12.2 Å². The Balaban J connectivity index is 2.57. The Morgan fingerprint density at radius 1 is 1.45 bits per heavy atom. The van der Waals surface area contributed by atoms with E-state index in [1.807, 2.05) is 24.3 Å². The van der Waals surface area contributed by atoms with Gasteiger partial charge in [0.2, 0.25) is 0 Å². The van der Waals surface area contributed by atoms with Crippen molar-refractivity contribution in [1.82, 2.24) is 10.6 Å². The molecule has 0 atom stereocenters. The van der Waals surface area contributed by atoms with Gasteiger partial charge < -0.3 is 16.4 Å². The monoisotopic (exact) mass is 167 g/mol. The van der Waals surface area contributed by atoms with Gasteiger partial charge in [0.25, 0.3) is 0 Å². The molecule has 0 fully saturated rings. The molecule has 0 saturated heterocycles. The summed E-state index contributed by atoms with van der Waals surface area (Å²) in [4.78, 5) is 0. The maximum Gasteiger partial charge on any atom is 0.169 e. The van der Waals surface area contributed by atoms with E-state index in [0.29, 0.717) is 0 Å². The Hall–Kier alpha value is -1.29. The summed E-state index contributed by atoms with van der Waals surface area (Å²) in [6.45, 7) is 0. The van der Waals surface area contributed by atoms with Gasteiger partial charge in [-0.05, 0) is 24.4 Å². The van der Waals surface area contributed by atoms with Crippen LogP contribution in [0.3, 0.4) is 0 Å². The first kappa shape index (κ1) is 7.81. The second-order valence-electron chi connectivity index (χ2n) is 1.96. The molecule has 3 nitrogen and oxygen atoms in total. The molecule has 0 aromatic heterocycles. The normalized spacial score (nSPS) is 14.7. The SMILES string of the molecule is NC(=S)NC1=CC=CC=CN1. The topological polar surface area (TPSA) is 50.1 Å². The highest BCUT2D eigenvalue weighted by atomic mass is 32.1. The Morgan fingerprint density at radius 3 is 3.00 bits per heavy atom. The van der Waals surface area contributed by atoms with Crippen LogP contribution in [-0.2, 0) is 0 Å². The van der Waals surface area contributed by atoms with Gasteiger partial charge in [0.05, 0.1) is 0 Å². The second-order valence-corrected chi connectivity index (χ2v) is 2.40. The van der Waals surface area contributed by atoms with Crippen molar-refractivity contribution in [1.29, 1.82) is 0 Å². The second kappa shape index (κ2) is 3.78. The van der Waals surface area contributed by atoms with Gasteiger partial charge in [-0.3, -0.25) is 0 Å². The van der Waals surface area contributed by atoms with Crippen LogP contribution in [0.5, 0.6) is 0 Å². The van der Waals surface area contributed by atoms with Crippen molar-refractivity contribution < 1.29 is 0 Å². The summed E-state index contributed by atoms with van der Waals surface area (Å²) >= 11 is 4.66. The molecule has 4 N–H and O–H groups in total. The van der Waals surface area contributed by atoms with Crippen molar-refractivity contribution in [3.05, 3.63) is 36.3 Å². The van der Waals surface area contributed by atoms with E-state index in [1.165, 1.54) is 0 Å². The van der Waals surface area contributed by atoms with Gasteiger partial charge >= 0.3 is 0 Å². The number of hydrogen-bond donors (Lipinski definition) is 3. The molecule has 1 aliphatic heterocycles. The maximum atomic E-state index is 5.27. The van der Waals surface area contributed by atoms with Crippen LogP contribution in [0.15, 0.2) is 36.3 Å². The van der Waals surface area contributed by atoms with Crippen LogP contribution in [0.2, 0.25) is 0 Å². The molecular weight excluding hydrogens is 158 g/mol. The molecule has 0 aromatic carbocycles. The van der Waals surface area contributed by atoms with E-state index < -0.39 is 0 Å². The minimum atomic E-state index is 0.257. The Bertz CT molecular complexity index is 240. The summed E-state index contributed by atoms with van der Waals surface area (Å²) in [6.07, 6.45) is 9.31. The average Bonchev–Trinajstić information content (AvgIpc) is 2.14. The molecule has 0 aromatic rings. The zero-order valence-corrected chi connectivity index (χ0v) is 6.69. The summed E-state index contributed by atoms with van der Waals surface area (Å²) in [5, 5.41) is 5.99. The fraction of sp³-hybridized carbons (Fsp3) is 0. The number of thiocarbonyl (C=S) groups is 1. The quantitative estimate of drug-likeness (QED) is 0.493. The maximum absolute atomic E-state index is 5.27. The zero-order chi connectivity index (χ0) is 8.10. The van der Waals surface area contributed by atoms with Gasteiger partial charge in [-0.25, -0.2) is 0 Å². The van der Waals surface area contributed by atoms with Crippen LogP contribution in [0.25, 0.3) is 0 Å². The number of hydrogen-bond acceptors (Lipinski definition) is 2. The molecule has 0 unspecified atom stereocenters. The summed E-state index contributed by atoms with van der Waals surface area (Å²) in [7, 11) is 0. The first-order chi connectivity index (χ1) is 5.29. The first-order valence-electron chi connectivity index (χ1n) is 3.15. The molecule has 0 radical (unpaired) electrons. The predicted molar refractivity (Wildman–Crippen MR) is 49.4 cm³/mol. The molecule has 0 saturated carbocycles. The number of rotatable bonds is 1. The Labute approximate surface area is 70.7 Å². The standard InChI is InChI=1S/C7H9N3S/c8-7(11)10-6-4-2-1-3-5-9-6/h1-5,9H,(H3,8,10,11). The van der Waals surface area contributed by atoms with Crippen LogP contribution in [0.4, 0.5) is 0 Å². The minimum absolute atomic E-state index is 0.257. The fourth-order valence-corrected chi connectivity index (χ4v) is 0.778. The highest BCUT2D eigenvalue weighted by Gasteiger charge is 1.93. The van der Waals surface area contributed by atoms with Gasteiger partial charge in [-0.15, -0.1) is 0 Å². The molecule has 4 heteroatoms. The zero-order valence-electron chi connectivity index (χ0n) is 5.87. The number of nitrogens with two attached hydrogens (primary N) is 1. The third-order valence-electron chi connectivity index (χ3n) is 1.08. The first-order valence-corrected chi connectivity index (χ1v) is 3.56. The largest absolute Gasteiger partial charge is 0.376 e. The smallest absolute Gasteiger partial charge is 0.169 e. The molecule has 1 heterocycles. The highest BCUT2D eigenvalue weighted by molar-refractivity contribution is 7.80. The van der Waals surface area contributed by atoms with E-state index in [2.05, 4.69) is 22.9 Å². The van der Waals surface area contributed by atoms with Gasteiger partial charge in [0, 0.05) is 6.20 Å². The number of nitrogens with one attached hydrogen (secondary N) is 2. The van der Waals surface area contributed by atoms with Crippen LogP contribution >= 0.6 is 12.2 Å². The van der Waals surface area contributed by atoms with E-state index in [4.69, 9.17) is 5.73 Å². The van der Waals surface area contributed by atoms with Crippen LogP contribution in [0.1, 0.15) is 0 Å². The van der Waals surface area contributed by atoms with Crippen LogP contribution in [-0.4, -0.2) is 5.11 Å². The summed E-state index contributed by atoms with van der Waals surface area (Å²) in [5.74, 6) is 0.780. The van der Waals surface area contributed by atoms with E-state index in [0.717, 1.165) is 5.82 Å². The Kier molecular flexibility index (Phi) is 2.68. The van der Waals surface area contributed by atoms with Crippen molar-refractivity contribution in [3.63, 3.8) is 0 Å². The summed E-state index contributed by atoms with van der Waals surface area (Å²) < 4.78 is 0. The van der Waals surface area contributed by atoms with Crippen molar-refractivity contribution in [2.45, 2.75) is 0 Å². The molecule has 0 spiro atoms. The lowest BCUT2D eigenvalue weighted by molar-refractivity contribution is 0.948. The summed E-state index contributed by atoms with van der Waals surface area (Å²) in [5.41, 5.74) is 5.27. The summed E-state index contributed by atoms with van der Waals surface area (Å²) in [6, 6.07) is 0. The molecule has 0 amide bonds. The molecule has 1 aliphatic rings. The third kappa shape index (κ3) is 2.86. The fourth-order valence-electron chi connectivity index (χ4n) is 0.668. The van der Waals surface area contributed by atoms with E-state index in [1.54, 1.807) is 6.20 Å². The van der Waals surface area contributed by atoms with E-state index in [9.17, 15) is 0 Å². The lowest BCUT2D eigenvalue weighted by Gasteiger charge is -2.06. The van der Waals surface area contributed by atoms with Gasteiger partial charge in [-0.2, -0.15) is 0 Å². The Morgan fingerprint density at radius 2 is 2.27 bits per heavy atom. The lowest BCUT2D eigenvalue weighted by Crippen LogP contribution is -2.32. The van der Waals surface area contributed by atoms with Crippen molar-refractivity contribution in [3.8, 4) is 0 Å².